The lowest BCUT2D eigenvalue weighted by Crippen LogP contribution is -2.44. The first kappa shape index (κ1) is 23.1. The van der Waals surface area contributed by atoms with Gasteiger partial charge >= 0.3 is 0 Å². The highest BCUT2D eigenvalue weighted by molar-refractivity contribution is 5.94. The van der Waals surface area contributed by atoms with E-state index >= 15 is 0 Å². The largest absolute Gasteiger partial charge is 0.487 e. The number of aromatic nitrogens is 2. The molecule has 1 fully saturated rings. The zero-order valence-electron chi connectivity index (χ0n) is 19.7. The highest BCUT2D eigenvalue weighted by atomic mass is 19.1. The molecule has 1 N–H and O–H groups in total. The Bertz CT molecular complexity index is 1330. The summed E-state index contributed by atoms with van der Waals surface area (Å²) in [5, 5.41) is 3.09. The summed E-state index contributed by atoms with van der Waals surface area (Å²) in [6.45, 7) is 4.01. The molecule has 35 heavy (non-hydrogen) atoms. The van der Waals surface area contributed by atoms with Gasteiger partial charge in [-0.05, 0) is 67.3 Å². The van der Waals surface area contributed by atoms with Crippen molar-refractivity contribution in [2.75, 3.05) is 19.8 Å². The van der Waals surface area contributed by atoms with Crippen molar-refractivity contribution in [1.29, 1.82) is 0 Å². The van der Waals surface area contributed by atoms with Crippen molar-refractivity contribution in [2.24, 2.45) is 0 Å². The minimum Gasteiger partial charge on any atom is -0.487 e. The Labute approximate surface area is 203 Å². The van der Waals surface area contributed by atoms with Crippen LogP contribution in [0.5, 0.6) is 5.75 Å². The summed E-state index contributed by atoms with van der Waals surface area (Å²) in [5.74, 6) is 0.160. The smallest absolute Gasteiger partial charge is 0.251 e. The Hall–Kier alpha value is -3.71. The van der Waals surface area contributed by atoms with Crippen molar-refractivity contribution < 1.29 is 18.7 Å². The van der Waals surface area contributed by atoms with E-state index in [9.17, 15) is 9.18 Å². The molecule has 0 spiro atoms. The molecule has 0 saturated carbocycles. The second-order valence-electron chi connectivity index (χ2n) is 9.10. The van der Waals surface area contributed by atoms with Crippen LogP contribution in [-0.2, 0) is 16.8 Å². The summed E-state index contributed by atoms with van der Waals surface area (Å²) < 4.78 is 26.9. The summed E-state index contributed by atoms with van der Waals surface area (Å²) in [6, 6.07) is 17.7. The highest BCUT2D eigenvalue weighted by Crippen LogP contribution is 2.34. The Morgan fingerprint density at radius 1 is 1.11 bits per heavy atom. The fourth-order valence-electron chi connectivity index (χ4n) is 4.59. The van der Waals surface area contributed by atoms with E-state index in [0.29, 0.717) is 37.7 Å². The van der Waals surface area contributed by atoms with Crippen LogP contribution in [0.2, 0.25) is 0 Å². The summed E-state index contributed by atoms with van der Waals surface area (Å²) >= 11 is 0. The second kappa shape index (κ2) is 9.88. The second-order valence-corrected chi connectivity index (χ2v) is 9.10. The Morgan fingerprint density at radius 2 is 1.91 bits per heavy atom. The van der Waals surface area contributed by atoms with Crippen molar-refractivity contribution in [3.63, 3.8) is 0 Å². The van der Waals surface area contributed by atoms with Crippen LogP contribution in [0.25, 0.3) is 5.65 Å². The number of fused-ring (bicyclic) bond motifs is 1. The van der Waals surface area contributed by atoms with E-state index in [1.807, 2.05) is 60.1 Å². The monoisotopic (exact) mass is 473 g/mol. The molecule has 3 heterocycles. The van der Waals surface area contributed by atoms with Crippen LogP contribution in [0.3, 0.4) is 0 Å². The van der Waals surface area contributed by atoms with Crippen LogP contribution in [-0.4, -0.2) is 35.1 Å². The number of nitrogens with zero attached hydrogens (tertiary/aromatic N) is 2. The van der Waals surface area contributed by atoms with Gasteiger partial charge in [0.15, 0.2) is 0 Å². The number of amides is 1. The lowest BCUT2D eigenvalue weighted by atomic mass is 9.74. The number of benzene rings is 2. The Balaban J connectivity index is 1.25. The normalized spacial score (nSPS) is 15.1. The third kappa shape index (κ3) is 5.20. The number of nitrogens with one attached hydrogen (secondary N) is 1. The van der Waals surface area contributed by atoms with Gasteiger partial charge in [-0.3, -0.25) is 4.79 Å². The Kier molecular flexibility index (Phi) is 6.51. The molecular formula is C28H28FN3O3. The van der Waals surface area contributed by atoms with Crippen molar-refractivity contribution in [3.8, 4) is 5.75 Å². The molecule has 4 aromatic rings. The zero-order chi connectivity index (χ0) is 24.3. The van der Waals surface area contributed by atoms with Crippen LogP contribution in [0, 0.1) is 12.7 Å². The predicted octanol–water partition coefficient (Wildman–Crippen LogP) is 4.84. The summed E-state index contributed by atoms with van der Waals surface area (Å²) in [5.41, 5.74) is 4.09. The quantitative estimate of drug-likeness (QED) is 0.417. The molecule has 1 aliphatic heterocycles. The van der Waals surface area contributed by atoms with Gasteiger partial charge in [0.2, 0.25) is 0 Å². The van der Waals surface area contributed by atoms with E-state index in [0.717, 1.165) is 35.3 Å². The predicted molar refractivity (Wildman–Crippen MR) is 131 cm³/mol. The molecule has 0 bridgehead atoms. The average Bonchev–Trinajstić information content (AvgIpc) is 3.29. The Morgan fingerprint density at radius 3 is 2.71 bits per heavy atom. The summed E-state index contributed by atoms with van der Waals surface area (Å²) in [7, 11) is 0. The van der Waals surface area contributed by atoms with Gasteiger partial charge in [-0.15, -0.1) is 0 Å². The van der Waals surface area contributed by atoms with Crippen molar-refractivity contribution in [3.05, 3.63) is 101 Å². The molecule has 0 radical (unpaired) electrons. The molecule has 1 amide bonds. The first-order valence-corrected chi connectivity index (χ1v) is 11.8. The summed E-state index contributed by atoms with van der Waals surface area (Å²) in [4.78, 5) is 17.6. The molecule has 7 heteroatoms. The van der Waals surface area contributed by atoms with E-state index in [-0.39, 0.29) is 17.1 Å². The number of carbonyl (C=O) groups is 1. The average molecular weight is 474 g/mol. The fourth-order valence-corrected chi connectivity index (χ4v) is 4.59. The topological polar surface area (TPSA) is 64.9 Å². The van der Waals surface area contributed by atoms with Crippen LogP contribution >= 0.6 is 0 Å². The van der Waals surface area contributed by atoms with Crippen molar-refractivity contribution in [1.82, 2.24) is 14.7 Å². The molecule has 1 aliphatic rings. The molecule has 5 rings (SSSR count). The molecule has 0 unspecified atom stereocenters. The third-order valence-electron chi connectivity index (χ3n) is 6.63. The van der Waals surface area contributed by atoms with E-state index < -0.39 is 0 Å². The molecule has 0 aliphatic carbocycles. The molecule has 180 valence electrons. The third-order valence-corrected chi connectivity index (χ3v) is 6.63. The van der Waals surface area contributed by atoms with E-state index in [4.69, 9.17) is 9.47 Å². The number of imidazole rings is 1. The minimum atomic E-state index is -0.281. The molecular weight excluding hydrogens is 445 g/mol. The highest BCUT2D eigenvalue weighted by Gasteiger charge is 2.35. The molecule has 2 aromatic heterocycles. The zero-order valence-corrected chi connectivity index (χ0v) is 19.7. The van der Waals surface area contributed by atoms with Crippen molar-refractivity contribution in [2.45, 2.75) is 31.8 Å². The number of halogens is 1. The lowest BCUT2D eigenvalue weighted by Gasteiger charge is -2.38. The summed E-state index contributed by atoms with van der Waals surface area (Å²) in [6.07, 6.45) is 5.50. The van der Waals surface area contributed by atoms with Crippen LogP contribution in [0.15, 0.2) is 73.1 Å². The number of aryl methyl sites for hydroxylation is 1. The first-order valence-electron chi connectivity index (χ1n) is 11.8. The maximum atomic E-state index is 13.5. The SMILES string of the molecule is Cc1ccc2nc(COc3cccc(C(=O)NCC4(c5ccc(F)cc5)CCOCC4)c3)cn2c1. The van der Waals surface area contributed by atoms with E-state index in [2.05, 4.69) is 10.3 Å². The van der Waals surface area contributed by atoms with Gasteiger partial charge in [0, 0.05) is 43.1 Å². The lowest BCUT2D eigenvalue weighted by molar-refractivity contribution is 0.0487. The fraction of sp³-hybridized carbons (Fsp3) is 0.286. The maximum absolute atomic E-state index is 13.5. The van der Waals surface area contributed by atoms with Gasteiger partial charge < -0.3 is 19.2 Å². The number of pyridine rings is 1. The number of rotatable bonds is 7. The molecule has 0 atom stereocenters. The maximum Gasteiger partial charge on any atom is 0.251 e. The van der Waals surface area contributed by atoms with Crippen LogP contribution in [0.4, 0.5) is 4.39 Å². The van der Waals surface area contributed by atoms with Gasteiger partial charge in [0.05, 0.1) is 5.69 Å². The number of hydrogen-bond acceptors (Lipinski definition) is 4. The number of hydrogen-bond donors (Lipinski definition) is 1. The molecule has 6 nitrogen and oxygen atoms in total. The van der Waals surface area contributed by atoms with Gasteiger partial charge in [-0.1, -0.05) is 24.3 Å². The number of ether oxygens (including phenoxy) is 2. The number of carbonyl (C=O) groups excluding carboxylic acids is 1. The van der Waals surface area contributed by atoms with Crippen LogP contribution in [0.1, 0.15) is 40.0 Å². The van der Waals surface area contributed by atoms with Crippen molar-refractivity contribution >= 4 is 11.6 Å². The van der Waals surface area contributed by atoms with Gasteiger partial charge in [-0.2, -0.15) is 0 Å². The minimum absolute atomic E-state index is 0.174. The standard InChI is InChI=1S/C28H28FN3O3/c1-20-5-10-26-31-24(17-32(26)16-20)18-35-25-4-2-3-21(15-25)27(33)30-19-28(11-13-34-14-12-28)22-6-8-23(29)9-7-22/h2-10,15-17H,11-14,18-19H2,1H3,(H,30,33). The van der Waals surface area contributed by atoms with E-state index in [1.165, 1.54) is 12.1 Å². The van der Waals surface area contributed by atoms with Gasteiger partial charge in [0.25, 0.3) is 5.91 Å². The molecule has 1 saturated heterocycles. The van der Waals surface area contributed by atoms with Gasteiger partial charge in [-0.25, -0.2) is 9.37 Å². The molecule has 2 aromatic carbocycles. The van der Waals surface area contributed by atoms with E-state index in [1.54, 1.807) is 12.1 Å². The van der Waals surface area contributed by atoms with Gasteiger partial charge in [0.1, 0.15) is 23.8 Å². The van der Waals surface area contributed by atoms with Crippen LogP contribution < -0.4 is 10.1 Å². The first-order chi connectivity index (χ1) is 17.0.